The van der Waals surface area contributed by atoms with Crippen LogP contribution < -0.4 is 0 Å². The summed E-state index contributed by atoms with van der Waals surface area (Å²) in [5, 5.41) is 1.19. The first-order valence-electron chi connectivity index (χ1n) is 6.50. The van der Waals surface area contributed by atoms with Gasteiger partial charge in [0.15, 0.2) is 0 Å². The Labute approximate surface area is 142 Å². The zero-order valence-electron chi connectivity index (χ0n) is 11.4. The fraction of sp³-hybridized carbons (Fsp3) is 0.188. The van der Waals surface area contributed by atoms with E-state index in [9.17, 15) is 4.79 Å². The molecule has 0 aliphatic heterocycles. The van der Waals surface area contributed by atoms with E-state index in [1.165, 1.54) is 0 Å². The Hall–Kier alpha value is -1.03. The minimum absolute atomic E-state index is 0.0689. The SMILES string of the molecule is CCN(Cc1ccccc1Cl)C(=O)c1cc(Cl)cc(Br)c1. The summed E-state index contributed by atoms with van der Waals surface area (Å²) < 4.78 is 0.784. The molecule has 0 saturated carbocycles. The molecule has 2 aromatic rings. The summed E-state index contributed by atoms with van der Waals surface area (Å²) in [4.78, 5) is 14.3. The second-order valence-corrected chi connectivity index (χ2v) is 6.33. The van der Waals surface area contributed by atoms with Crippen molar-refractivity contribution in [1.82, 2.24) is 4.90 Å². The fourth-order valence-electron chi connectivity index (χ4n) is 2.02. The molecule has 0 spiro atoms. The van der Waals surface area contributed by atoms with Crippen LogP contribution in [0.4, 0.5) is 0 Å². The standard InChI is InChI=1S/C16H14BrCl2NO/c1-2-20(10-11-5-3-4-6-15(11)19)16(21)12-7-13(17)9-14(18)8-12/h3-9H,2,10H2,1H3. The van der Waals surface area contributed by atoms with Gasteiger partial charge in [-0.2, -0.15) is 0 Å². The highest BCUT2D eigenvalue weighted by Gasteiger charge is 2.16. The van der Waals surface area contributed by atoms with Crippen LogP contribution in [0.25, 0.3) is 0 Å². The van der Waals surface area contributed by atoms with Gasteiger partial charge in [0.05, 0.1) is 0 Å². The quantitative estimate of drug-likeness (QED) is 0.687. The number of rotatable bonds is 4. The van der Waals surface area contributed by atoms with E-state index < -0.39 is 0 Å². The molecular weight excluding hydrogens is 373 g/mol. The number of carbonyl (C=O) groups excluding carboxylic acids is 1. The van der Waals surface area contributed by atoms with Crippen LogP contribution in [0.5, 0.6) is 0 Å². The second kappa shape index (κ2) is 7.30. The van der Waals surface area contributed by atoms with Crippen molar-refractivity contribution in [3.05, 3.63) is 68.1 Å². The van der Waals surface area contributed by atoms with Crippen LogP contribution in [0.15, 0.2) is 46.9 Å². The van der Waals surface area contributed by atoms with Crippen molar-refractivity contribution in [2.24, 2.45) is 0 Å². The van der Waals surface area contributed by atoms with E-state index in [2.05, 4.69) is 15.9 Å². The fourth-order valence-corrected chi connectivity index (χ4v) is 3.07. The van der Waals surface area contributed by atoms with E-state index in [1.807, 2.05) is 31.2 Å². The summed E-state index contributed by atoms with van der Waals surface area (Å²) in [5.74, 6) is -0.0689. The van der Waals surface area contributed by atoms with Gasteiger partial charge in [0.1, 0.15) is 0 Å². The lowest BCUT2D eigenvalue weighted by molar-refractivity contribution is 0.0752. The Bertz CT molecular complexity index is 640. The monoisotopic (exact) mass is 385 g/mol. The van der Waals surface area contributed by atoms with Gasteiger partial charge in [-0.3, -0.25) is 4.79 Å². The van der Waals surface area contributed by atoms with Gasteiger partial charge in [0.2, 0.25) is 0 Å². The molecule has 0 radical (unpaired) electrons. The summed E-state index contributed by atoms with van der Waals surface area (Å²) >= 11 is 15.5. The van der Waals surface area contributed by atoms with E-state index in [1.54, 1.807) is 23.1 Å². The molecule has 21 heavy (non-hydrogen) atoms. The molecule has 0 heterocycles. The molecule has 0 fully saturated rings. The molecule has 2 nitrogen and oxygen atoms in total. The predicted octanol–water partition coefficient (Wildman–Crippen LogP) is 5.42. The van der Waals surface area contributed by atoms with E-state index >= 15 is 0 Å². The number of hydrogen-bond donors (Lipinski definition) is 0. The number of amides is 1. The normalized spacial score (nSPS) is 10.5. The highest BCUT2D eigenvalue weighted by atomic mass is 79.9. The smallest absolute Gasteiger partial charge is 0.254 e. The maximum atomic E-state index is 12.6. The minimum Gasteiger partial charge on any atom is -0.335 e. The van der Waals surface area contributed by atoms with Crippen LogP contribution in [0, 0.1) is 0 Å². The maximum Gasteiger partial charge on any atom is 0.254 e. The van der Waals surface area contributed by atoms with E-state index in [0.717, 1.165) is 10.0 Å². The predicted molar refractivity (Wildman–Crippen MR) is 91.0 cm³/mol. The molecule has 0 saturated heterocycles. The lowest BCUT2D eigenvalue weighted by Crippen LogP contribution is -2.30. The number of nitrogens with zero attached hydrogens (tertiary/aromatic N) is 1. The molecule has 0 aromatic heterocycles. The Kier molecular flexibility index (Phi) is 5.68. The summed E-state index contributed by atoms with van der Waals surface area (Å²) in [5.41, 5.74) is 1.48. The molecule has 2 rings (SSSR count). The van der Waals surface area contributed by atoms with Crippen LogP contribution in [-0.4, -0.2) is 17.4 Å². The van der Waals surface area contributed by atoms with Gasteiger partial charge in [-0.05, 0) is 36.8 Å². The zero-order valence-corrected chi connectivity index (χ0v) is 14.5. The van der Waals surface area contributed by atoms with Gasteiger partial charge in [-0.1, -0.05) is 57.3 Å². The van der Waals surface area contributed by atoms with Crippen molar-refractivity contribution < 1.29 is 4.79 Å². The number of benzene rings is 2. The van der Waals surface area contributed by atoms with Gasteiger partial charge >= 0.3 is 0 Å². The van der Waals surface area contributed by atoms with Crippen molar-refractivity contribution in [2.45, 2.75) is 13.5 Å². The van der Waals surface area contributed by atoms with Crippen molar-refractivity contribution >= 4 is 45.0 Å². The third-order valence-corrected chi connectivity index (χ3v) is 4.14. The van der Waals surface area contributed by atoms with E-state index in [0.29, 0.717) is 28.7 Å². The topological polar surface area (TPSA) is 20.3 Å². The Balaban J connectivity index is 2.24. The van der Waals surface area contributed by atoms with Gasteiger partial charge < -0.3 is 4.90 Å². The van der Waals surface area contributed by atoms with Crippen LogP contribution in [0.1, 0.15) is 22.8 Å². The summed E-state index contributed by atoms with van der Waals surface area (Å²) in [7, 11) is 0. The molecular formula is C16H14BrCl2NO. The molecule has 1 amide bonds. The lowest BCUT2D eigenvalue weighted by Gasteiger charge is -2.22. The number of halogens is 3. The Morgan fingerprint density at radius 2 is 1.90 bits per heavy atom. The molecule has 2 aromatic carbocycles. The highest BCUT2D eigenvalue weighted by Crippen LogP contribution is 2.22. The maximum absolute atomic E-state index is 12.6. The molecule has 0 atom stereocenters. The lowest BCUT2D eigenvalue weighted by atomic mass is 10.1. The second-order valence-electron chi connectivity index (χ2n) is 4.57. The number of carbonyl (C=O) groups is 1. The first kappa shape index (κ1) is 16.3. The molecule has 110 valence electrons. The molecule has 0 aliphatic rings. The van der Waals surface area contributed by atoms with Crippen LogP contribution >= 0.6 is 39.1 Å². The van der Waals surface area contributed by atoms with Crippen LogP contribution in [0.3, 0.4) is 0 Å². The summed E-state index contributed by atoms with van der Waals surface area (Å²) in [6, 6.07) is 12.7. The van der Waals surface area contributed by atoms with Crippen LogP contribution in [0.2, 0.25) is 10.0 Å². The first-order valence-corrected chi connectivity index (χ1v) is 8.05. The average molecular weight is 387 g/mol. The first-order chi connectivity index (χ1) is 10.0. The molecule has 5 heteroatoms. The highest BCUT2D eigenvalue weighted by molar-refractivity contribution is 9.10. The van der Waals surface area contributed by atoms with Crippen molar-refractivity contribution in [3.63, 3.8) is 0 Å². The van der Waals surface area contributed by atoms with Crippen LogP contribution in [-0.2, 0) is 6.54 Å². The summed E-state index contributed by atoms with van der Waals surface area (Å²) in [6.45, 7) is 3.00. The van der Waals surface area contributed by atoms with Crippen molar-refractivity contribution in [1.29, 1.82) is 0 Å². The van der Waals surface area contributed by atoms with Gasteiger partial charge in [-0.15, -0.1) is 0 Å². The van der Waals surface area contributed by atoms with Gasteiger partial charge in [0.25, 0.3) is 5.91 Å². The third kappa shape index (κ3) is 4.22. The molecule has 0 unspecified atom stereocenters. The Morgan fingerprint density at radius 3 is 2.52 bits per heavy atom. The zero-order chi connectivity index (χ0) is 15.4. The number of hydrogen-bond acceptors (Lipinski definition) is 1. The minimum atomic E-state index is -0.0689. The van der Waals surface area contributed by atoms with Crippen molar-refractivity contribution in [2.75, 3.05) is 6.54 Å². The third-order valence-electron chi connectivity index (χ3n) is 3.10. The molecule has 0 bridgehead atoms. The largest absolute Gasteiger partial charge is 0.335 e. The van der Waals surface area contributed by atoms with Gasteiger partial charge in [0, 0.05) is 33.2 Å². The molecule has 0 aliphatic carbocycles. The van der Waals surface area contributed by atoms with E-state index in [-0.39, 0.29) is 5.91 Å². The average Bonchev–Trinajstić information content (AvgIpc) is 2.44. The Morgan fingerprint density at radius 1 is 1.19 bits per heavy atom. The molecule has 0 N–H and O–H groups in total. The van der Waals surface area contributed by atoms with E-state index in [4.69, 9.17) is 23.2 Å². The van der Waals surface area contributed by atoms with Crippen molar-refractivity contribution in [3.8, 4) is 0 Å². The summed E-state index contributed by atoms with van der Waals surface area (Å²) in [6.07, 6.45) is 0. The van der Waals surface area contributed by atoms with Gasteiger partial charge in [-0.25, -0.2) is 0 Å².